The molecule has 0 saturated carbocycles. The molecule has 0 amide bonds. The summed E-state index contributed by atoms with van der Waals surface area (Å²) in [5.74, 6) is 0.352. The number of aliphatic hydroxyl groups is 1. The highest BCUT2D eigenvalue weighted by Gasteiger charge is 2.25. The normalized spacial score (nSPS) is 23.6. The highest BCUT2D eigenvalue weighted by molar-refractivity contribution is 5.54. The summed E-state index contributed by atoms with van der Waals surface area (Å²) in [5.41, 5.74) is 2.68. The number of rotatable bonds is 5. The van der Waals surface area contributed by atoms with Gasteiger partial charge in [0.1, 0.15) is 0 Å². The lowest BCUT2D eigenvalue weighted by Gasteiger charge is -2.37. The molecule has 1 aliphatic heterocycles. The van der Waals surface area contributed by atoms with Crippen molar-refractivity contribution in [2.75, 3.05) is 24.5 Å². The first-order valence-corrected chi connectivity index (χ1v) is 7.44. The van der Waals surface area contributed by atoms with Crippen LogP contribution >= 0.6 is 0 Å². The maximum absolute atomic E-state index is 9.85. The van der Waals surface area contributed by atoms with Crippen molar-refractivity contribution in [3.63, 3.8) is 0 Å². The van der Waals surface area contributed by atoms with E-state index in [-0.39, 0.29) is 6.10 Å². The Labute approximate surface area is 116 Å². The fourth-order valence-electron chi connectivity index (χ4n) is 2.72. The fourth-order valence-corrected chi connectivity index (χ4v) is 2.72. The molecule has 1 aliphatic rings. The van der Waals surface area contributed by atoms with Crippen molar-refractivity contribution < 1.29 is 5.11 Å². The summed E-state index contributed by atoms with van der Waals surface area (Å²) in [4.78, 5) is 2.42. The quantitative estimate of drug-likeness (QED) is 0.800. The van der Waals surface area contributed by atoms with Gasteiger partial charge in [0.25, 0.3) is 0 Å². The Bertz CT molecular complexity index is 394. The topological polar surface area (TPSA) is 35.5 Å². The Morgan fingerprint density at radius 3 is 2.89 bits per heavy atom. The zero-order chi connectivity index (χ0) is 13.7. The van der Waals surface area contributed by atoms with Crippen molar-refractivity contribution in [2.45, 2.75) is 39.3 Å². The summed E-state index contributed by atoms with van der Waals surface area (Å²) in [7, 11) is 0. The minimum Gasteiger partial charge on any atom is -0.393 e. The molecule has 2 rings (SSSR count). The molecule has 1 aromatic rings. The lowest BCUT2D eigenvalue weighted by atomic mass is 9.95. The second kappa shape index (κ2) is 6.92. The average Bonchev–Trinajstić information content (AvgIpc) is 2.43. The molecule has 0 aliphatic carbocycles. The summed E-state index contributed by atoms with van der Waals surface area (Å²) in [6, 6.07) is 8.62. The molecule has 106 valence electrons. The first-order chi connectivity index (χ1) is 9.22. The standard InChI is InChI=1S/C16H26N2O/c1-3-9-17-11-14-6-4-5-7-15(14)18-10-8-16(19)13(2)12-18/h4-7,13,16-17,19H,3,8-12H2,1-2H3. The monoisotopic (exact) mass is 262 g/mol. The Morgan fingerprint density at radius 2 is 2.16 bits per heavy atom. The molecule has 2 N–H and O–H groups in total. The molecule has 0 aromatic heterocycles. The van der Waals surface area contributed by atoms with Crippen LogP contribution in [0.4, 0.5) is 5.69 Å². The number of hydrogen-bond acceptors (Lipinski definition) is 3. The van der Waals surface area contributed by atoms with Crippen molar-refractivity contribution in [3.05, 3.63) is 29.8 Å². The number of aliphatic hydroxyl groups excluding tert-OH is 1. The van der Waals surface area contributed by atoms with Gasteiger partial charge in [0.15, 0.2) is 0 Å². The number of nitrogens with one attached hydrogen (secondary N) is 1. The van der Waals surface area contributed by atoms with Crippen molar-refractivity contribution in [2.24, 2.45) is 5.92 Å². The van der Waals surface area contributed by atoms with Gasteiger partial charge in [-0.25, -0.2) is 0 Å². The van der Waals surface area contributed by atoms with Crippen LogP contribution in [0.3, 0.4) is 0 Å². The van der Waals surface area contributed by atoms with Gasteiger partial charge in [-0.05, 0) is 36.9 Å². The molecule has 3 nitrogen and oxygen atoms in total. The lowest BCUT2D eigenvalue weighted by molar-refractivity contribution is 0.0970. The third-order valence-electron chi connectivity index (χ3n) is 3.93. The van der Waals surface area contributed by atoms with E-state index in [0.29, 0.717) is 5.92 Å². The fraction of sp³-hybridized carbons (Fsp3) is 0.625. The third-order valence-corrected chi connectivity index (χ3v) is 3.93. The lowest BCUT2D eigenvalue weighted by Crippen LogP contribution is -2.42. The van der Waals surface area contributed by atoms with E-state index in [0.717, 1.165) is 39.0 Å². The third kappa shape index (κ3) is 3.71. The van der Waals surface area contributed by atoms with Crippen molar-refractivity contribution >= 4 is 5.69 Å². The number of anilines is 1. The molecule has 1 heterocycles. The van der Waals surface area contributed by atoms with E-state index >= 15 is 0 Å². The van der Waals surface area contributed by atoms with Gasteiger partial charge < -0.3 is 15.3 Å². The van der Waals surface area contributed by atoms with Gasteiger partial charge in [-0.2, -0.15) is 0 Å². The summed E-state index contributed by atoms with van der Waals surface area (Å²) in [6.45, 7) is 8.21. The van der Waals surface area contributed by atoms with Gasteiger partial charge in [0.05, 0.1) is 6.10 Å². The van der Waals surface area contributed by atoms with Crippen LogP contribution in [0, 0.1) is 5.92 Å². The summed E-state index contributed by atoms with van der Waals surface area (Å²) in [5, 5.41) is 13.3. The second-order valence-corrected chi connectivity index (χ2v) is 5.58. The van der Waals surface area contributed by atoms with Crippen LogP contribution in [0.5, 0.6) is 0 Å². The van der Waals surface area contributed by atoms with Crippen LogP contribution in [0.25, 0.3) is 0 Å². The predicted molar refractivity (Wildman–Crippen MR) is 80.4 cm³/mol. The van der Waals surface area contributed by atoms with E-state index < -0.39 is 0 Å². The Hall–Kier alpha value is -1.06. The van der Waals surface area contributed by atoms with Crippen LogP contribution in [-0.4, -0.2) is 30.8 Å². The Balaban J connectivity index is 2.06. The van der Waals surface area contributed by atoms with E-state index in [1.165, 1.54) is 11.3 Å². The first kappa shape index (κ1) is 14.4. The van der Waals surface area contributed by atoms with Crippen LogP contribution in [0.2, 0.25) is 0 Å². The van der Waals surface area contributed by atoms with Crippen molar-refractivity contribution in [3.8, 4) is 0 Å². The molecule has 2 unspecified atom stereocenters. The molecule has 0 spiro atoms. The summed E-state index contributed by atoms with van der Waals surface area (Å²) in [6.07, 6.45) is 1.90. The van der Waals surface area contributed by atoms with E-state index in [9.17, 15) is 5.11 Å². The zero-order valence-corrected chi connectivity index (χ0v) is 12.1. The highest BCUT2D eigenvalue weighted by atomic mass is 16.3. The minimum absolute atomic E-state index is 0.137. The van der Waals surface area contributed by atoms with Crippen LogP contribution in [0.1, 0.15) is 32.3 Å². The molecule has 2 atom stereocenters. The Kier molecular flexibility index (Phi) is 5.23. The van der Waals surface area contributed by atoms with Gasteiger partial charge in [0, 0.05) is 25.3 Å². The molecule has 3 heteroatoms. The molecule has 0 radical (unpaired) electrons. The van der Waals surface area contributed by atoms with Crippen molar-refractivity contribution in [1.29, 1.82) is 0 Å². The van der Waals surface area contributed by atoms with E-state index in [4.69, 9.17) is 0 Å². The average molecular weight is 262 g/mol. The maximum atomic E-state index is 9.85. The first-order valence-electron chi connectivity index (χ1n) is 7.44. The number of nitrogens with zero attached hydrogens (tertiary/aromatic N) is 1. The summed E-state index contributed by atoms with van der Waals surface area (Å²) < 4.78 is 0. The van der Waals surface area contributed by atoms with Gasteiger partial charge in [-0.1, -0.05) is 32.0 Å². The van der Waals surface area contributed by atoms with E-state index in [1.807, 2.05) is 0 Å². The van der Waals surface area contributed by atoms with Crippen molar-refractivity contribution in [1.82, 2.24) is 5.32 Å². The van der Waals surface area contributed by atoms with Crippen LogP contribution in [0.15, 0.2) is 24.3 Å². The number of para-hydroxylation sites is 1. The van der Waals surface area contributed by atoms with E-state index in [2.05, 4.69) is 48.3 Å². The highest BCUT2D eigenvalue weighted by Crippen LogP contribution is 2.26. The Morgan fingerprint density at radius 1 is 1.37 bits per heavy atom. The van der Waals surface area contributed by atoms with E-state index in [1.54, 1.807) is 0 Å². The molecule has 19 heavy (non-hydrogen) atoms. The van der Waals surface area contributed by atoms with Gasteiger partial charge in [-0.15, -0.1) is 0 Å². The molecular formula is C16H26N2O. The maximum Gasteiger partial charge on any atom is 0.0599 e. The van der Waals surface area contributed by atoms with Gasteiger partial charge in [-0.3, -0.25) is 0 Å². The minimum atomic E-state index is -0.137. The molecular weight excluding hydrogens is 236 g/mol. The molecule has 0 bridgehead atoms. The smallest absolute Gasteiger partial charge is 0.0599 e. The van der Waals surface area contributed by atoms with Crippen LogP contribution in [-0.2, 0) is 6.54 Å². The molecule has 1 saturated heterocycles. The molecule has 1 aromatic carbocycles. The van der Waals surface area contributed by atoms with Gasteiger partial charge >= 0.3 is 0 Å². The van der Waals surface area contributed by atoms with Gasteiger partial charge in [0.2, 0.25) is 0 Å². The largest absolute Gasteiger partial charge is 0.393 e. The number of hydrogen-bond donors (Lipinski definition) is 2. The number of benzene rings is 1. The predicted octanol–water partition coefficient (Wildman–Crippen LogP) is 2.39. The van der Waals surface area contributed by atoms with Crippen LogP contribution < -0.4 is 10.2 Å². The summed E-state index contributed by atoms with van der Waals surface area (Å²) >= 11 is 0. The SMILES string of the molecule is CCCNCc1ccccc1N1CCC(O)C(C)C1. The number of piperidine rings is 1. The molecule has 1 fully saturated rings. The second-order valence-electron chi connectivity index (χ2n) is 5.58. The zero-order valence-electron chi connectivity index (χ0n) is 12.1.